The van der Waals surface area contributed by atoms with Gasteiger partial charge >= 0.3 is 0 Å². The third-order valence-corrected chi connectivity index (χ3v) is 3.70. The van der Waals surface area contributed by atoms with Crippen molar-refractivity contribution in [1.29, 1.82) is 0 Å². The standard InChI is InChI=1S/C12H24N4/c1-5-15-9-7-13(3)11(15)12-14(4)8-10-16(12)6-2/h5-10H2,1-4H3/b12-11+. The van der Waals surface area contributed by atoms with Crippen molar-refractivity contribution in [2.45, 2.75) is 13.8 Å². The average molecular weight is 224 g/mol. The first-order chi connectivity index (χ1) is 7.69. The summed E-state index contributed by atoms with van der Waals surface area (Å²) in [7, 11) is 4.41. The van der Waals surface area contributed by atoms with E-state index in [0.29, 0.717) is 0 Å². The normalized spacial score (nSPS) is 26.2. The molecule has 0 spiro atoms. The number of hydrogen-bond acceptors (Lipinski definition) is 4. The highest BCUT2D eigenvalue weighted by atomic mass is 15.5. The maximum atomic E-state index is 2.49. The third kappa shape index (κ3) is 1.70. The van der Waals surface area contributed by atoms with Crippen LogP contribution in [-0.4, -0.2) is 73.0 Å². The molecular weight excluding hydrogens is 200 g/mol. The van der Waals surface area contributed by atoms with Crippen LogP contribution in [0.4, 0.5) is 0 Å². The van der Waals surface area contributed by atoms with Gasteiger partial charge in [-0.05, 0) is 13.8 Å². The van der Waals surface area contributed by atoms with Crippen LogP contribution >= 0.6 is 0 Å². The Morgan fingerprint density at radius 1 is 0.750 bits per heavy atom. The molecule has 2 saturated heterocycles. The molecule has 2 fully saturated rings. The van der Waals surface area contributed by atoms with Gasteiger partial charge in [0.25, 0.3) is 0 Å². The SMILES string of the molecule is CCN1CCN(C)/C1=C1/N(C)CCN1CC. The van der Waals surface area contributed by atoms with Crippen LogP contribution < -0.4 is 0 Å². The lowest BCUT2D eigenvalue weighted by atomic mass is 10.4. The molecule has 0 aromatic rings. The Morgan fingerprint density at radius 2 is 1.12 bits per heavy atom. The molecule has 2 heterocycles. The molecular formula is C12H24N4. The maximum Gasteiger partial charge on any atom is 0.146 e. The van der Waals surface area contributed by atoms with Gasteiger partial charge in [-0.2, -0.15) is 0 Å². The summed E-state index contributed by atoms with van der Waals surface area (Å²) in [6, 6.07) is 0. The number of hydrogen-bond donors (Lipinski definition) is 0. The Hall–Kier alpha value is -1.06. The minimum atomic E-state index is 1.11. The first kappa shape index (κ1) is 11.4. The van der Waals surface area contributed by atoms with Gasteiger partial charge in [-0.3, -0.25) is 0 Å². The van der Waals surface area contributed by atoms with Crippen LogP contribution in [0.5, 0.6) is 0 Å². The zero-order valence-electron chi connectivity index (χ0n) is 11.0. The van der Waals surface area contributed by atoms with Crippen molar-refractivity contribution in [3.05, 3.63) is 11.6 Å². The molecule has 16 heavy (non-hydrogen) atoms. The highest BCUT2D eigenvalue weighted by Crippen LogP contribution is 2.27. The number of likely N-dealkylation sites (N-methyl/N-ethyl adjacent to an activating group) is 4. The molecule has 92 valence electrons. The van der Waals surface area contributed by atoms with Gasteiger partial charge in [0.15, 0.2) is 0 Å². The Kier molecular flexibility index (Phi) is 3.17. The number of nitrogens with zero attached hydrogens (tertiary/aromatic N) is 4. The van der Waals surface area contributed by atoms with Crippen LogP contribution in [0.15, 0.2) is 11.6 Å². The minimum Gasteiger partial charge on any atom is -0.357 e. The molecule has 2 aliphatic heterocycles. The van der Waals surface area contributed by atoms with Gasteiger partial charge < -0.3 is 19.6 Å². The molecule has 0 amide bonds. The van der Waals surface area contributed by atoms with Gasteiger partial charge in [0, 0.05) is 53.4 Å². The monoisotopic (exact) mass is 224 g/mol. The summed E-state index contributed by atoms with van der Waals surface area (Å²) in [4.78, 5) is 9.76. The van der Waals surface area contributed by atoms with Gasteiger partial charge in [0.05, 0.1) is 0 Å². The van der Waals surface area contributed by atoms with E-state index in [-0.39, 0.29) is 0 Å². The van der Waals surface area contributed by atoms with E-state index in [9.17, 15) is 0 Å². The molecule has 0 unspecified atom stereocenters. The van der Waals surface area contributed by atoms with Gasteiger partial charge in [-0.25, -0.2) is 0 Å². The van der Waals surface area contributed by atoms with Crippen molar-refractivity contribution >= 4 is 0 Å². The zero-order chi connectivity index (χ0) is 11.7. The van der Waals surface area contributed by atoms with Crippen molar-refractivity contribution in [2.75, 3.05) is 53.4 Å². The van der Waals surface area contributed by atoms with Gasteiger partial charge in [-0.15, -0.1) is 0 Å². The Bertz CT molecular complexity index is 259. The predicted octanol–water partition coefficient (Wildman–Crippen LogP) is 0.648. The summed E-state index contributed by atoms with van der Waals surface area (Å²) in [5, 5.41) is 0. The first-order valence-electron chi connectivity index (χ1n) is 6.35. The molecule has 2 aliphatic rings. The summed E-state index contributed by atoms with van der Waals surface area (Å²) < 4.78 is 0. The van der Waals surface area contributed by atoms with Gasteiger partial charge in [0.2, 0.25) is 0 Å². The molecule has 0 radical (unpaired) electrons. The lowest BCUT2D eigenvalue weighted by Crippen LogP contribution is -2.31. The van der Waals surface area contributed by atoms with Crippen molar-refractivity contribution in [3.63, 3.8) is 0 Å². The van der Waals surface area contributed by atoms with E-state index in [4.69, 9.17) is 0 Å². The Morgan fingerprint density at radius 3 is 1.44 bits per heavy atom. The summed E-state index contributed by atoms with van der Waals surface area (Å²) >= 11 is 0. The van der Waals surface area contributed by atoms with E-state index in [0.717, 1.165) is 39.3 Å². The average Bonchev–Trinajstić information content (AvgIpc) is 2.81. The van der Waals surface area contributed by atoms with Gasteiger partial charge in [-0.1, -0.05) is 0 Å². The third-order valence-electron chi connectivity index (χ3n) is 3.70. The lowest BCUT2D eigenvalue weighted by Gasteiger charge is -2.29. The molecule has 0 aromatic heterocycles. The topological polar surface area (TPSA) is 13.0 Å². The van der Waals surface area contributed by atoms with Crippen molar-refractivity contribution in [3.8, 4) is 0 Å². The molecule has 0 saturated carbocycles. The Balaban J connectivity index is 2.35. The van der Waals surface area contributed by atoms with Crippen molar-refractivity contribution in [1.82, 2.24) is 19.6 Å². The second-order valence-corrected chi connectivity index (χ2v) is 4.65. The van der Waals surface area contributed by atoms with E-state index in [1.54, 1.807) is 0 Å². The molecule has 0 bridgehead atoms. The fourth-order valence-corrected chi connectivity index (χ4v) is 2.69. The quantitative estimate of drug-likeness (QED) is 0.682. The number of rotatable bonds is 2. The summed E-state index contributed by atoms with van der Waals surface area (Å²) in [6.07, 6.45) is 0. The van der Waals surface area contributed by atoms with Crippen LogP contribution in [0.25, 0.3) is 0 Å². The van der Waals surface area contributed by atoms with Crippen molar-refractivity contribution in [2.24, 2.45) is 0 Å². The molecule has 4 heteroatoms. The second kappa shape index (κ2) is 4.44. The van der Waals surface area contributed by atoms with Crippen LogP contribution in [0.1, 0.15) is 13.8 Å². The van der Waals surface area contributed by atoms with E-state index >= 15 is 0 Å². The van der Waals surface area contributed by atoms with E-state index in [1.165, 1.54) is 11.6 Å². The summed E-state index contributed by atoms with van der Waals surface area (Å²) in [6.45, 7) is 11.3. The predicted molar refractivity (Wildman–Crippen MR) is 66.8 cm³/mol. The maximum absolute atomic E-state index is 2.49. The van der Waals surface area contributed by atoms with Crippen LogP contribution in [-0.2, 0) is 0 Å². The summed E-state index contributed by atoms with van der Waals surface area (Å²) in [5.74, 6) is 2.84. The Labute approximate surface area is 99.1 Å². The molecule has 0 aliphatic carbocycles. The summed E-state index contributed by atoms with van der Waals surface area (Å²) in [5.41, 5.74) is 0. The lowest BCUT2D eigenvalue weighted by molar-refractivity contribution is 0.296. The van der Waals surface area contributed by atoms with Gasteiger partial charge in [0.1, 0.15) is 11.6 Å². The minimum absolute atomic E-state index is 1.11. The van der Waals surface area contributed by atoms with Crippen LogP contribution in [0, 0.1) is 0 Å². The molecule has 0 N–H and O–H groups in total. The van der Waals surface area contributed by atoms with Crippen LogP contribution in [0.2, 0.25) is 0 Å². The largest absolute Gasteiger partial charge is 0.357 e. The first-order valence-corrected chi connectivity index (χ1v) is 6.35. The molecule has 0 aromatic carbocycles. The highest BCUT2D eigenvalue weighted by molar-refractivity contribution is 5.16. The van der Waals surface area contributed by atoms with Crippen molar-refractivity contribution < 1.29 is 0 Å². The zero-order valence-corrected chi connectivity index (χ0v) is 11.0. The smallest absolute Gasteiger partial charge is 0.146 e. The highest BCUT2D eigenvalue weighted by Gasteiger charge is 2.31. The molecule has 4 nitrogen and oxygen atoms in total. The second-order valence-electron chi connectivity index (χ2n) is 4.65. The van der Waals surface area contributed by atoms with E-state index < -0.39 is 0 Å². The van der Waals surface area contributed by atoms with E-state index in [2.05, 4.69) is 47.5 Å². The fraction of sp³-hybridized carbons (Fsp3) is 0.833. The fourth-order valence-electron chi connectivity index (χ4n) is 2.69. The molecule has 0 atom stereocenters. The van der Waals surface area contributed by atoms with E-state index in [1.807, 2.05) is 0 Å². The molecule has 2 rings (SSSR count). The van der Waals surface area contributed by atoms with Crippen LogP contribution in [0.3, 0.4) is 0 Å².